The molecule has 0 spiro atoms. The van der Waals surface area contributed by atoms with E-state index in [2.05, 4.69) is 92.1 Å². The molecule has 0 saturated carbocycles. The Morgan fingerprint density at radius 3 is 1.54 bits per heavy atom. The fourth-order valence-electron chi connectivity index (χ4n) is 8.36. The van der Waals surface area contributed by atoms with Gasteiger partial charge in [-0.25, -0.2) is 0 Å². The summed E-state index contributed by atoms with van der Waals surface area (Å²) in [6.45, 7) is 2.67. The SMILES string of the molecule is CC/C=C\C/C=C\C/C=C\C/C=C\C/C=C\C/C=C\CCCCCCCCCCC(=O)NC(COC1OC(CO)C(OC2OC(CO)C(O)C(O)C2O)C(O)C1O)C(O)CCCCCCCCCC. The van der Waals surface area contributed by atoms with Crippen molar-refractivity contribution >= 4 is 5.91 Å². The molecule has 0 radical (unpaired) electrons. The average Bonchev–Trinajstić information content (AvgIpc) is 3.35. The zero-order valence-electron chi connectivity index (χ0n) is 42.3. The van der Waals surface area contributed by atoms with Crippen molar-refractivity contribution in [2.24, 2.45) is 0 Å². The Kier molecular flexibility index (Phi) is 37.1. The molecule has 0 bridgehead atoms. The highest BCUT2D eigenvalue weighted by atomic mass is 16.7. The Balaban J connectivity index is 1.70. The molecule has 2 saturated heterocycles. The first-order chi connectivity index (χ1) is 33.6. The normalized spacial score (nSPS) is 26.8. The minimum atomic E-state index is -1.78. The maximum Gasteiger partial charge on any atom is 0.220 e. The maximum atomic E-state index is 13.2. The Bertz CT molecular complexity index is 1430. The van der Waals surface area contributed by atoms with Gasteiger partial charge in [-0.1, -0.05) is 177 Å². The molecule has 9 N–H and O–H groups in total. The number of ether oxygens (including phenoxy) is 4. The smallest absolute Gasteiger partial charge is 0.220 e. The highest BCUT2D eigenvalue weighted by Gasteiger charge is 2.51. The highest BCUT2D eigenvalue weighted by Crippen LogP contribution is 2.30. The van der Waals surface area contributed by atoms with Crippen molar-refractivity contribution in [2.75, 3.05) is 19.8 Å². The van der Waals surface area contributed by atoms with Gasteiger partial charge in [-0.05, 0) is 64.2 Å². The summed E-state index contributed by atoms with van der Waals surface area (Å²) in [4.78, 5) is 13.2. The quantitative estimate of drug-likeness (QED) is 0.0213. The van der Waals surface area contributed by atoms with Crippen LogP contribution in [-0.2, 0) is 23.7 Å². The van der Waals surface area contributed by atoms with Crippen molar-refractivity contribution in [3.8, 4) is 0 Å². The van der Waals surface area contributed by atoms with Gasteiger partial charge in [0.2, 0.25) is 5.91 Å². The molecule has 2 aliphatic rings. The molecular formula is C55H95NO13. The van der Waals surface area contributed by atoms with Gasteiger partial charge in [-0.2, -0.15) is 0 Å². The van der Waals surface area contributed by atoms with E-state index < -0.39 is 86.8 Å². The second kappa shape index (κ2) is 41.0. The van der Waals surface area contributed by atoms with Gasteiger partial charge in [-0.3, -0.25) is 4.79 Å². The number of allylic oxidation sites excluding steroid dienone is 12. The van der Waals surface area contributed by atoms with E-state index in [0.717, 1.165) is 89.9 Å². The molecule has 14 heteroatoms. The van der Waals surface area contributed by atoms with Gasteiger partial charge < -0.3 is 65.1 Å². The Labute approximate surface area is 415 Å². The number of amides is 1. The van der Waals surface area contributed by atoms with Crippen molar-refractivity contribution in [1.29, 1.82) is 0 Å². The number of hydrogen-bond acceptors (Lipinski definition) is 13. The van der Waals surface area contributed by atoms with E-state index in [1.165, 1.54) is 51.4 Å². The molecule has 0 aromatic carbocycles. The molecule has 2 rings (SSSR count). The van der Waals surface area contributed by atoms with Crippen LogP contribution in [0.25, 0.3) is 0 Å². The van der Waals surface area contributed by atoms with Crippen molar-refractivity contribution < 1.29 is 64.6 Å². The summed E-state index contributed by atoms with van der Waals surface area (Å²) in [5.41, 5.74) is 0. The number of aliphatic hydroxyl groups is 8. The van der Waals surface area contributed by atoms with Gasteiger partial charge in [0.25, 0.3) is 0 Å². The lowest BCUT2D eigenvalue weighted by Crippen LogP contribution is -2.65. The van der Waals surface area contributed by atoms with Crippen LogP contribution in [0.2, 0.25) is 0 Å². The van der Waals surface area contributed by atoms with Gasteiger partial charge >= 0.3 is 0 Å². The summed E-state index contributed by atoms with van der Waals surface area (Å²) in [5.74, 6) is -0.223. The Morgan fingerprint density at radius 2 is 1.00 bits per heavy atom. The van der Waals surface area contributed by atoms with Crippen molar-refractivity contribution in [3.63, 3.8) is 0 Å². The first-order valence-corrected chi connectivity index (χ1v) is 26.7. The molecule has 2 aliphatic heterocycles. The number of carbonyl (C=O) groups is 1. The van der Waals surface area contributed by atoms with Crippen LogP contribution in [0, 0.1) is 0 Å². The van der Waals surface area contributed by atoms with Crippen molar-refractivity contribution in [1.82, 2.24) is 5.32 Å². The fraction of sp³-hybridized carbons (Fsp3) is 0.764. The topological polar surface area (TPSA) is 228 Å². The molecular weight excluding hydrogens is 883 g/mol. The summed E-state index contributed by atoms with van der Waals surface area (Å²) < 4.78 is 22.7. The fourth-order valence-corrected chi connectivity index (χ4v) is 8.36. The zero-order valence-corrected chi connectivity index (χ0v) is 42.3. The third-order valence-electron chi connectivity index (χ3n) is 12.7. The molecule has 2 heterocycles. The summed E-state index contributed by atoms with van der Waals surface area (Å²) in [6.07, 6.45) is 35.0. The Morgan fingerprint density at radius 1 is 0.536 bits per heavy atom. The van der Waals surface area contributed by atoms with Gasteiger partial charge in [0.05, 0.1) is 32.0 Å². The van der Waals surface area contributed by atoms with E-state index in [0.29, 0.717) is 12.8 Å². The van der Waals surface area contributed by atoms with Crippen LogP contribution in [0.1, 0.15) is 174 Å². The number of unbranched alkanes of at least 4 members (excludes halogenated alkanes) is 15. The second-order valence-electron chi connectivity index (χ2n) is 18.6. The molecule has 0 aromatic heterocycles. The molecule has 0 aliphatic carbocycles. The van der Waals surface area contributed by atoms with Gasteiger partial charge in [0.1, 0.15) is 48.8 Å². The van der Waals surface area contributed by atoms with Crippen LogP contribution in [0.4, 0.5) is 0 Å². The minimum absolute atomic E-state index is 0.223. The number of nitrogens with one attached hydrogen (secondary N) is 1. The standard InChI is InChI=1S/C55H95NO13/c1-3-5-7-9-11-13-14-15-16-17-18-19-20-21-22-23-24-25-26-27-28-29-30-31-33-35-37-39-47(60)56-43(44(59)38-36-34-32-12-10-8-6-4-2)42-66-54-52(65)50(63)53(46(41-58)68-54)69-55-51(64)49(62)48(61)45(40-57)67-55/h5,7,11,13,15-16,18-19,21-22,24-25,43-46,48-55,57-59,61-65H,3-4,6,8-10,12,14,17,20,23,26-42H2,1-2H3,(H,56,60)/b7-5-,13-11-,16-15-,19-18-,22-21-,25-24-. The monoisotopic (exact) mass is 978 g/mol. The molecule has 0 aromatic rings. The highest BCUT2D eigenvalue weighted by molar-refractivity contribution is 5.76. The van der Waals surface area contributed by atoms with Gasteiger partial charge in [0, 0.05) is 6.42 Å². The molecule has 69 heavy (non-hydrogen) atoms. The van der Waals surface area contributed by atoms with E-state index >= 15 is 0 Å². The molecule has 398 valence electrons. The van der Waals surface area contributed by atoms with E-state index in [1.807, 2.05) is 0 Å². The predicted octanol–water partition coefficient (Wildman–Crippen LogP) is 7.60. The minimum Gasteiger partial charge on any atom is -0.394 e. The van der Waals surface area contributed by atoms with E-state index in [1.54, 1.807) is 0 Å². The summed E-state index contributed by atoms with van der Waals surface area (Å²) in [7, 11) is 0. The van der Waals surface area contributed by atoms with E-state index in [9.17, 15) is 45.6 Å². The lowest BCUT2D eigenvalue weighted by Gasteiger charge is -2.46. The predicted molar refractivity (Wildman–Crippen MR) is 272 cm³/mol. The van der Waals surface area contributed by atoms with Crippen LogP contribution in [-0.4, -0.2) is 140 Å². The van der Waals surface area contributed by atoms with Crippen LogP contribution >= 0.6 is 0 Å². The number of carbonyl (C=O) groups excluding carboxylic acids is 1. The molecule has 2 fully saturated rings. The zero-order chi connectivity index (χ0) is 50.3. The van der Waals surface area contributed by atoms with Crippen LogP contribution < -0.4 is 5.32 Å². The first kappa shape index (κ1) is 62.5. The number of rotatable bonds is 40. The van der Waals surface area contributed by atoms with Gasteiger partial charge in [0.15, 0.2) is 12.6 Å². The summed E-state index contributed by atoms with van der Waals surface area (Å²) in [5, 5.41) is 86.7. The second-order valence-corrected chi connectivity index (χ2v) is 18.6. The third kappa shape index (κ3) is 27.7. The Hall–Kier alpha value is -2.57. The number of aliphatic hydroxyl groups excluding tert-OH is 8. The summed E-state index contributed by atoms with van der Waals surface area (Å²) >= 11 is 0. The van der Waals surface area contributed by atoms with Crippen LogP contribution in [0.15, 0.2) is 72.9 Å². The lowest BCUT2D eigenvalue weighted by molar-refractivity contribution is -0.359. The molecule has 1 amide bonds. The molecule has 14 nitrogen and oxygen atoms in total. The molecule has 12 unspecified atom stereocenters. The lowest BCUT2D eigenvalue weighted by atomic mass is 9.97. The summed E-state index contributed by atoms with van der Waals surface area (Å²) in [6, 6.07) is -0.835. The van der Waals surface area contributed by atoms with Crippen molar-refractivity contribution in [2.45, 2.75) is 248 Å². The van der Waals surface area contributed by atoms with Crippen molar-refractivity contribution in [3.05, 3.63) is 72.9 Å². The van der Waals surface area contributed by atoms with E-state index in [4.69, 9.17) is 18.9 Å². The third-order valence-corrected chi connectivity index (χ3v) is 12.7. The average molecular weight is 978 g/mol. The first-order valence-electron chi connectivity index (χ1n) is 26.7. The maximum absolute atomic E-state index is 13.2. The van der Waals surface area contributed by atoms with E-state index in [-0.39, 0.29) is 18.9 Å². The molecule has 12 atom stereocenters. The number of hydrogen-bond donors (Lipinski definition) is 9. The van der Waals surface area contributed by atoms with Crippen LogP contribution in [0.3, 0.4) is 0 Å². The van der Waals surface area contributed by atoms with Gasteiger partial charge in [-0.15, -0.1) is 0 Å². The largest absolute Gasteiger partial charge is 0.394 e. The van der Waals surface area contributed by atoms with Crippen LogP contribution in [0.5, 0.6) is 0 Å².